The molecule has 4 heterocycles. The van der Waals surface area contributed by atoms with E-state index in [1.165, 1.54) is 24.9 Å². The van der Waals surface area contributed by atoms with Gasteiger partial charge in [0.05, 0.1) is 23.2 Å². The minimum atomic E-state index is -0.802. The Labute approximate surface area is 161 Å². The lowest BCUT2D eigenvalue weighted by atomic mass is 9.97. The molecule has 28 heavy (non-hydrogen) atoms. The highest BCUT2D eigenvalue weighted by atomic mass is 32.1. The van der Waals surface area contributed by atoms with Crippen molar-refractivity contribution in [1.29, 1.82) is 0 Å². The Morgan fingerprint density at radius 3 is 2.68 bits per heavy atom. The third-order valence-electron chi connectivity index (χ3n) is 4.40. The summed E-state index contributed by atoms with van der Waals surface area (Å²) >= 11 is 1.05. The predicted molar refractivity (Wildman–Crippen MR) is 100 cm³/mol. The van der Waals surface area contributed by atoms with Crippen molar-refractivity contribution in [3.8, 4) is 11.3 Å². The van der Waals surface area contributed by atoms with E-state index in [-0.39, 0.29) is 22.0 Å². The molecule has 0 fully saturated rings. The topological polar surface area (TPSA) is 136 Å². The molecule has 0 spiro atoms. The first kappa shape index (κ1) is 17.9. The van der Waals surface area contributed by atoms with Crippen molar-refractivity contribution in [3.05, 3.63) is 50.6 Å². The molecule has 0 saturated heterocycles. The van der Waals surface area contributed by atoms with Crippen LogP contribution < -0.4 is 16.0 Å². The number of pyridine rings is 1. The summed E-state index contributed by atoms with van der Waals surface area (Å²) in [5.74, 6) is -0.351. The fraction of sp³-hybridized carbons (Fsp3) is 0.167. The predicted octanol–water partition coefficient (Wildman–Crippen LogP) is 1.99. The van der Waals surface area contributed by atoms with E-state index in [0.717, 1.165) is 11.3 Å². The Bertz CT molecular complexity index is 1310. The first-order valence-electron chi connectivity index (χ1n) is 8.20. The normalized spacial score (nSPS) is 11.2. The quantitative estimate of drug-likeness (QED) is 0.395. The number of rotatable bonds is 4. The molecule has 0 amide bonds. The molecule has 0 atom stereocenters. The van der Waals surface area contributed by atoms with Gasteiger partial charge in [-0.1, -0.05) is 4.68 Å². The fourth-order valence-electron chi connectivity index (χ4n) is 3.23. The van der Waals surface area contributed by atoms with Crippen LogP contribution in [-0.2, 0) is 7.05 Å². The Hall–Kier alpha value is -3.53. The number of H-pyrrole nitrogens is 1. The zero-order valence-corrected chi connectivity index (χ0v) is 16.0. The molecule has 0 unspecified atom stereocenters. The summed E-state index contributed by atoms with van der Waals surface area (Å²) in [6, 6.07) is 3.40. The Morgan fingerprint density at radius 1 is 1.36 bits per heavy atom. The van der Waals surface area contributed by atoms with Gasteiger partial charge in [-0.15, -0.1) is 11.3 Å². The highest BCUT2D eigenvalue weighted by Gasteiger charge is 2.33. The molecule has 10 heteroatoms. The minimum absolute atomic E-state index is 0.131. The number of carbonyl (C=O) groups is 2. The number of nitrogens with two attached hydrogens (primary N) is 1. The van der Waals surface area contributed by atoms with Crippen LogP contribution >= 0.6 is 11.3 Å². The van der Waals surface area contributed by atoms with E-state index in [2.05, 4.69) is 14.8 Å². The summed E-state index contributed by atoms with van der Waals surface area (Å²) in [4.78, 5) is 42.2. The third-order valence-corrected chi connectivity index (χ3v) is 5.50. The zero-order chi connectivity index (χ0) is 20.2. The van der Waals surface area contributed by atoms with Crippen molar-refractivity contribution in [3.63, 3.8) is 0 Å². The van der Waals surface area contributed by atoms with Crippen LogP contribution in [0, 0.1) is 6.92 Å². The number of anilines is 1. The number of ketones is 2. The smallest absolute Gasteiger partial charge is 0.438 e. The van der Waals surface area contributed by atoms with Crippen LogP contribution in [0.5, 0.6) is 0 Å². The summed E-state index contributed by atoms with van der Waals surface area (Å²) in [5, 5.41) is 2.75. The number of aromatic nitrogens is 3. The van der Waals surface area contributed by atoms with E-state index in [0.29, 0.717) is 32.8 Å². The number of Topliss-reactive ketones (excluding diaryl/α,β-unsaturated/α-hetero) is 1. The maximum Gasteiger partial charge on any atom is 0.438 e. The van der Waals surface area contributed by atoms with Crippen LogP contribution in [0.25, 0.3) is 21.5 Å². The zero-order valence-electron chi connectivity index (χ0n) is 15.2. The van der Waals surface area contributed by atoms with E-state index < -0.39 is 11.4 Å². The third kappa shape index (κ3) is 2.49. The van der Waals surface area contributed by atoms with E-state index >= 15 is 0 Å². The van der Waals surface area contributed by atoms with Crippen molar-refractivity contribution in [2.45, 2.75) is 13.8 Å². The molecule has 0 aliphatic rings. The Kier molecular flexibility index (Phi) is 4.00. The van der Waals surface area contributed by atoms with Crippen LogP contribution in [0.1, 0.15) is 38.3 Å². The molecular formula is C18H15N4O5S+. The van der Waals surface area contributed by atoms with Gasteiger partial charge in [0.2, 0.25) is 0 Å². The molecule has 9 nitrogen and oxygen atoms in total. The molecule has 142 valence electrons. The number of nitrogen functional groups attached to an aromatic ring is 1. The van der Waals surface area contributed by atoms with Gasteiger partial charge in [0.25, 0.3) is 5.78 Å². The van der Waals surface area contributed by atoms with Gasteiger partial charge in [-0.3, -0.25) is 14.1 Å². The second-order valence-electron chi connectivity index (χ2n) is 6.22. The maximum atomic E-state index is 13.0. The molecule has 0 bridgehead atoms. The summed E-state index contributed by atoms with van der Waals surface area (Å²) in [7, 11) is 1.48. The van der Waals surface area contributed by atoms with Gasteiger partial charge in [-0.25, -0.2) is 9.78 Å². The number of nitrogens with one attached hydrogen (secondary N) is 1. The van der Waals surface area contributed by atoms with Gasteiger partial charge in [0, 0.05) is 10.9 Å². The maximum absolute atomic E-state index is 13.0. The van der Waals surface area contributed by atoms with E-state index in [4.69, 9.17) is 10.2 Å². The van der Waals surface area contributed by atoms with Crippen molar-refractivity contribution in [2.75, 3.05) is 5.73 Å². The lowest BCUT2D eigenvalue weighted by molar-refractivity contribution is -0.741. The van der Waals surface area contributed by atoms with Crippen LogP contribution in [0.4, 0.5) is 5.69 Å². The number of nitrogens with zero attached hydrogens (tertiary/aromatic N) is 2. The first-order chi connectivity index (χ1) is 13.3. The molecule has 4 aromatic heterocycles. The summed E-state index contributed by atoms with van der Waals surface area (Å²) in [5.41, 5.74) is 6.81. The number of hydrogen-bond donors (Lipinski definition) is 2. The number of furan rings is 1. The number of aryl methyl sites for hydroxylation is 2. The van der Waals surface area contributed by atoms with Crippen molar-refractivity contribution in [2.24, 2.45) is 7.05 Å². The highest BCUT2D eigenvalue weighted by Crippen LogP contribution is 2.42. The molecular weight excluding hydrogens is 384 g/mol. The van der Waals surface area contributed by atoms with Gasteiger partial charge in [0.1, 0.15) is 15.5 Å². The van der Waals surface area contributed by atoms with E-state index in [9.17, 15) is 14.4 Å². The Balaban J connectivity index is 2.08. The molecule has 4 aromatic rings. The largest absolute Gasteiger partial charge is 0.464 e. The summed E-state index contributed by atoms with van der Waals surface area (Å²) < 4.78 is 11.4. The van der Waals surface area contributed by atoms with Gasteiger partial charge < -0.3 is 10.2 Å². The SMILES string of the molecule is CC(=O)c1c(C)nc2sc(C(=O)c3c(=O)o[nH][n+]3C)c(N)c2c1-c1ccco1. The highest BCUT2D eigenvalue weighted by molar-refractivity contribution is 7.21. The van der Waals surface area contributed by atoms with Gasteiger partial charge in [-0.2, -0.15) is 0 Å². The van der Waals surface area contributed by atoms with Crippen LogP contribution in [0.15, 0.2) is 32.1 Å². The standard InChI is InChI=1S/C18H14N4O5S/c1-7-10(8(2)23)11(9-5-4-6-26-9)12-13(19)16(28-17(12)20-7)15(24)14-18(25)27-21-22(14)3/h4-6H,1-3H3,(H2-,19,21,24,25)/p+1. The molecule has 0 aliphatic heterocycles. The van der Waals surface area contributed by atoms with Crippen molar-refractivity contribution in [1.82, 2.24) is 10.3 Å². The minimum Gasteiger partial charge on any atom is -0.464 e. The van der Waals surface area contributed by atoms with E-state index in [1.807, 2.05) is 0 Å². The van der Waals surface area contributed by atoms with E-state index in [1.54, 1.807) is 19.1 Å². The van der Waals surface area contributed by atoms with Gasteiger partial charge in [-0.05, 0) is 31.3 Å². The molecule has 0 aliphatic carbocycles. The van der Waals surface area contributed by atoms with Crippen molar-refractivity contribution < 1.29 is 23.2 Å². The van der Waals surface area contributed by atoms with Gasteiger partial charge >= 0.3 is 11.3 Å². The fourth-order valence-corrected chi connectivity index (χ4v) is 4.32. The number of fused-ring (bicyclic) bond motifs is 1. The van der Waals surface area contributed by atoms with Crippen LogP contribution in [0.3, 0.4) is 0 Å². The molecule has 0 radical (unpaired) electrons. The Morgan fingerprint density at radius 2 is 2.11 bits per heavy atom. The average Bonchev–Trinajstić information content (AvgIpc) is 3.34. The monoisotopic (exact) mass is 399 g/mol. The number of aromatic amines is 1. The lowest BCUT2D eigenvalue weighted by Crippen LogP contribution is -2.39. The summed E-state index contributed by atoms with van der Waals surface area (Å²) in [6.45, 7) is 3.14. The van der Waals surface area contributed by atoms with Crippen LogP contribution in [-0.4, -0.2) is 21.8 Å². The second-order valence-corrected chi connectivity index (χ2v) is 7.22. The number of thiophene rings is 1. The molecule has 0 aromatic carbocycles. The first-order valence-corrected chi connectivity index (χ1v) is 9.02. The molecule has 3 N–H and O–H groups in total. The number of carbonyl (C=O) groups excluding carboxylic acids is 2. The average molecular weight is 399 g/mol. The van der Waals surface area contributed by atoms with Gasteiger partial charge in [0.15, 0.2) is 12.8 Å². The summed E-state index contributed by atoms with van der Waals surface area (Å²) in [6.07, 6.45) is 1.49. The molecule has 4 rings (SSSR count). The van der Waals surface area contributed by atoms with Crippen LogP contribution in [0.2, 0.25) is 0 Å². The molecule has 0 saturated carbocycles. The second kappa shape index (κ2) is 6.27. The lowest BCUT2D eigenvalue weighted by Gasteiger charge is -2.10. The van der Waals surface area contributed by atoms with Crippen molar-refractivity contribution >= 4 is 38.8 Å². The number of hydrogen-bond acceptors (Lipinski definition) is 8.